The smallest absolute Gasteiger partial charge is 0.265 e. The van der Waals surface area contributed by atoms with Crippen molar-refractivity contribution in [3.8, 4) is 11.5 Å². The highest BCUT2D eigenvalue weighted by molar-refractivity contribution is 9.10. The molecule has 0 aliphatic rings. The van der Waals surface area contributed by atoms with Gasteiger partial charge in [-0.25, -0.2) is 0 Å². The van der Waals surface area contributed by atoms with Crippen LogP contribution in [0.2, 0.25) is 5.02 Å². The van der Waals surface area contributed by atoms with Crippen molar-refractivity contribution in [3.63, 3.8) is 0 Å². The van der Waals surface area contributed by atoms with Gasteiger partial charge in [0.25, 0.3) is 5.91 Å². The van der Waals surface area contributed by atoms with Crippen LogP contribution in [0.25, 0.3) is 0 Å². The maximum Gasteiger partial charge on any atom is 0.265 e. The monoisotopic (exact) mass is 502 g/mol. The summed E-state index contributed by atoms with van der Waals surface area (Å²) in [6.07, 6.45) is 1.50. The fraction of sp³-hybridized carbons (Fsp3) is 0.130. The van der Waals surface area contributed by atoms with Gasteiger partial charge in [-0.15, -0.1) is 0 Å². The molecule has 0 aliphatic heterocycles. The first-order valence-corrected chi connectivity index (χ1v) is 10.5. The van der Waals surface area contributed by atoms with E-state index in [1.54, 1.807) is 43.5 Å². The van der Waals surface area contributed by atoms with Crippen molar-refractivity contribution in [2.45, 2.75) is 6.61 Å². The van der Waals surface area contributed by atoms with Crippen LogP contribution in [0, 0.1) is 0 Å². The number of ether oxygens (including phenoxy) is 2. The van der Waals surface area contributed by atoms with Crippen LogP contribution in [0.5, 0.6) is 11.5 Å². The number of oxime groups is 1. The zero-order valence-electron chi connectivity index (χ0n) is 16.7. The highest BCUT2D eigenvalue weighted by Crippen LogP contribution is 2.28. The Bertz CT molecular complexity index is 1040. The molecule has 3 aromatic rings. The molecule has 0 fully saturated rings. The minimum atomic E-state index is -0.325. The number of halogens is 2. The van der Waals surface area contributed by atoms with Gasteiger partial charge in [-0.05, 0) is 60.2 Å². The van der Waals surface area contributed by atoms with Gasteiger partial charge in [-0.2, -0.15) is 0 Å². The Morgan fingerprint density at radius 3 is 2.52 bits per heavy atom. The zero-order valence-corrected chi connectivity index (χ0v) is 19.0. The molecule has 1 amide bonds. The van der Waals surface area contributed by atoms with E-state index >= 15 is 0 Å². The van der Waals surface area contributed by atoms with Crippen molar-refractivity contribution in [1.29, 1.82) is 0 Å². The molecule has 0 radical (unpaired) electrons. The highest BCUT2D eigenvalue weighted by Gasteiger charge is 2.06. The van der Waals surface area contributed by atoms with E-state index in [1.807, 2.05) is 30.3 Å². The minimum Gasteiger partial charge on any atom is -0.493 e. The standard InChI is InChI=1S/C23H20BrClN2O4/c1-29-22-12-17(4-11-21(22)30-14-16-2-5-18(24)6-3-16)13-26-31-15-23(28)27-20-9-7-19(25)8-10-20/h2-13H,14-15H2,1H3,(H,27,28)/b26-13+. The largest absolute Gasteiger partial charge is 0.493 e. The number of anilines is 1. The molecule has 3 aromatic carbocycles. The summed E-state index contributed by atoms with van der Waals surface area (Å²) in [6.45, 7) is 0.202. The summed E-state index contributed by atoms with van der Waals surface area (Å²) in [5.74, 6) is 0.862. The van der Waals surface area contributed by atoms with Crippen molar-refractivity contribution in [2.24, 2.45) is 5.16 Å². The average Bonchev–Trinajstić information content (AvgIpc) is 2.78. The topological polar surface area (TPSA) is 69.2 Å². The number of benzene rings is 3. The number of carbonyl (C=O) groups is 1. The second-order valence-corrected chi connectivity index (χ2v) is 7.74. The first-order chi connectivity index (χ1) is 15.0. The Labute approximate surface area is 193 Å². The van der Waals surface area contributed by atoms with E-state index in [-0.39, 0.29) is 12.5 Å². The lowest BCUT2D eigenvalue weighted by molar-refractivity contribution is -0.120. The molecule has 160 valence electrons. The van der Waals surface area contributed by atoms with Crippen LogP contribution in [0.4, 0.5) is 5.69 Å². The van der Waals surface area contributed by atoms with Crippen molar-refractivity contribution in [3.05, 3.63) is 87.4 Å². The Morgan fingerprint density at radius 2 is 1.81 bits per heavy atom. The number of nitrogens with zero attached hydrogens (tertiary/aromatic N) is 1. The van der Waals surface area contributed by atoms with Crippen LogP contribution in [-0.4, -0.2) is 25.8 Å². The molecule has 6 nitrogen and oxygen atoms in total. The number of carbonyl (C=O) groups excluding carboxylic acids is 1. The first kappa shape index (κ1) is 22.7. The summed E-state index contributed by atoms with van der Waals surface area (Å²) in [5, 5.41) is 7.12. The zero-order chi connectivity index (χ0) is 22.1. The lowest BCUT2D eigenvalue weighted by atomic mass is 10.2. The summed E-state index contributed by atoms with van der Waals surface area (Å²) < 4.78 is 12.3. The molecule has 0 atom stereocenters. The third kappa shape index (κ3) is 7.31. The highest BCUT2D eigenvalue weighted by atomic mass is 79.9. The third-order valence-electron chi connectivity index (χ3n) is 4.10. The van der Waals surface area contributed by atoms with E-state index in [1.165, 1.54) is 6.21 Å². The van der Waals surface area contributed by atoms with E-state index in [2.05, 4.69) is 26.4 Å². The number of hydrogen-bond donors (Lipinski definition) is 1. The van der Waals surface area contributed by atoms with Gasteiger partial charge in [0, 0.05) is 20.7 Å². The van der Waals surface area contributed by atoms with Crippen molar-refractivity contribution >= 4 is 45.3 Å². The van der Waals surface area contributed by atoms with Gasteiger partial charge in [0.15, 0.2) is 18.1 Å². The second-order valence-electron chi connectivity index (χ2n) is 6.39. The number of hydrogen-bond acceptors (Lipinski definition) is 5. The molecule has 1 N–H and O–H groups in total. The Kier molecular flexibility index (Phi) is 8.32. The average molecular weight is 504 g/mol. The van der Waals surface area contributed by atoms with Crippen LogP contribution in [0.15, 0.2) is 76.4 Å². The molecular weight excluding hydrogens is 484 g/mol. The van der Waals surface area contributed by atoms with E-state index < -0.39 is 0 Å². The second kappa shape index (κ2) is 11.4. The van der Waals surface area contributed by atoms with Gasteiger partial charge in [0.1, 0.15) is 6.61 Å². The fourth-order valence-electron chi connectivity index (χ4n) is 2.55. The summed E-state index contributed by atoms with van der Waals surface area (Å²) in [7, 11) is 1.57. The number of rotatable bonds is 9. The number of methoxy groups -OCH3 is 1. The quantitative estimate of drug-likeness (QED) is 0.301. The van der Waals surface area contributed by atoms with Gasteiger partial charge >= 0.3 is 0 Å². The molecule has 8 heteroatoms. The molecule has 0 aliphatic carbocycles. The van der Waals surface area contributed by atoms with Gasteiger partial charge in [-0.1, -0.05) is 44.8 Å². The lowest BCUT2D eigenvalue weighted by Gasteiger charge is -2.11. The van der Waals surface area contributed by atoms with Crippen molar-refractivity contribution < 1.29 is 19.1 Å². The predicted molar refractivity (Wildman–Crippen MR) is 125 cm³/mol. The maximum absolute atomic E-state index is 11.9. The molecular formula is C23H20BrClN2O4. The fourth-order valence-corrected chi connectivity index (χ4v) is 2.94. The van der Waals surface area contributed by atoms with Crippen LogP contribution >= 0.6 is 27.5 Å². The van der Waals surface area contributed by atoms with Crippen LogP contribution in [-0.2, 0) is 16.2 Å². The maximum atomic E-state index is 11.9. The predicted octanol–water partition coefficient (Wildman–Crippen LogP) is 5.68. The normalized spacial score (nSPS) is 10.7. The Hall–Kier alpha value is -3.03. The van der Waals surface area contributed by atoms with E-state index in [4.69, 9.17) is 25.9 Å². The number of amides is 1. The molecule has 0 saturated carbocycles. The molecule has 0 aromatic heterocycles. The molecule has 31 heavy (non-hydrogen) atoms. The summed E-state index contributed by atoms with van der Waals surface area (Å²) in [4.78, 5) is 16.9. The van der Waals surface area contributed by atoms with Gasteiger partial charge in [0.2, 0.25) is 0 Å². The molecule has 0 bridgehead atoms. The molecule has 0 heterocycles. The van der Waals surface area contributed by atoms with Crippen LogP contribution in [0.3, 0.4) is 0 Å². The summed E-state index contributed by atoms with van der Waals surface area (Å²) in [5.41, 5.74) is 2.41. The molecule has 0 saturated heterocycles. The van der Waals surface area contributed by atoms with Gasteiger partial charge < -0.3 is 19.6 Å². The Morgan fingerprint density at radius 1 is 1.06 bits per heavy atom. The van der Waals surface area contributed by atoms with E-state index in [9.17, 15) is 4.79 Å². The van der Waals surface area contributed by atoms with Crippen molar-refractivity contribution in [2.75, 3.05) is 19.0 Å². The Balaban J connectivity index is 1.50. The molecule has 0 spiro atoms. The summed E-state index contributed by atoms with van der Waals surface area (Å²) in [6, 6.07) is 20.1. The van der Waals surface area contributed by atoms with Crippen LogP contribution in [0.1, 0.15) is 11.1 Å². The number of nitrogens with one attached hydrogen (secondary N) is 1. The van der Waals surface area contributed by atoms with E-state index in [0.29, 0.717) is 28.8 Å². The summed E-state index contributed by atoms with van der Waals surface area (Å²) >= 11 is 9.23. The van der Waals surface area contributed by atoms with Crippen molar-refractivity contribution in [1.82, 2.24) is 0 Å². The minimum absolute atomic E-state index is 0.218. The van der Waals surface area contributed by atoms with E-state index in [0.717, 1.165) is 15.6 Å². The lowest BCUT2D eigenvalue weighted by Crippen LogP contribution is -2.16. The molecule has 3 rings (SSSR count). The van der Waals surface area contributed by atoms with Gasteiger partial charge in [-0.3, -0.25) is 4.79 Å². The van der Waals surface area contributed by atoms with Crippen LogP contribution < -0.4 is 14.8 Å². The van der Waals surface area contributed by atoms with Gasteiger partial charge in [0.05, 0.1) is 13.3 Å². The SMILES string of the molecule is COc1cc(/C=N/OCC(=O)Nc2ccc(Cl)cc2)ccc1OCc1ccc(Br)cc1. The third-order valence-corrected chi connectivity index (χ3v) is 4.88. The first-order valence-electron chi connectivity index (χ1n) is 9.29. The molecule has 0 unspecified atom stereocenters.